The van der Waals surface area contributed by atoms with Crippen LogP contribution in [0.5, 0.6) is 0 Å². The maximum absolute atomic E-state index is 13.1. The Morgan fingerprint density at radius 3 is 2.54 bits per heavy atom. The van der Waals surface area contributed by atoms with Gasteiger partial charge in [0.15, 0.2) is 5.76 Å². The van der Waals surface area contributed by atoms with Crippen molar-refractivity contribution in [2.24, 2.45) is 5.10 Å². The molecule has 4 rings (SSSR count). The van der Waals surface area contributed by atoms with E-state index in [1.807, 2.05) is 13.0 Å². The molecule has 1 aromatic heterocycles. The van der Waals surface area contributed by atoms with E-state index in [0.717, 1.165) is 23.8 Å². The van der Waals surface area contributed by atoms with E-state index in [1.165, 1.54) is 0 Å². The van der Waals surface area contributed by atoms with Crippen molar-refractivity contribution in [3.8, 4) is 0 Å². The number of amides is 2. The Morgan fingerprint density at radius 1 is 1.06 bits per heavy atom. The molecule has 0 spiro atoms. The number of hydrazone groups is 1. The average molecular weight is 504 g/mol. The second-order valence-corrected chi connectivity index (χ2v) is 8.63. The van der Waals surface area contributed by atoms with E-state index in [4.69, 9.17) is 16.0 Å². The molecule has 2 N–H and O–H groups in total. The van der Waals surface area contributed by atoms with Gasteiger partial charge in [-0.3, -0.25) is 9.59 Å². The molecule has 0 aliphatic heterocycles. The van der Waals surface area contributed by atoms with E-state index in [1.54, 1.807) is 25.1 Å². The molecule has 6 nitrogen and oxygen atoms in total. The lowest BCUT2D eigenvalue weighted by Gasteiger charge is -2.13. The molecule has 1 heterocycles. The summed E-state index contributed by atoms with van der Waals surface area (Å²) < 4.78 is 45.0. The first-order valence-corrected chi connectivity index (χ1v) is 11.2. The lowest BCUT2D eigenvalue weighted by atomic mass is 9.93. The van der Waals surface area contributed by atoms with Crippen LogP contribution in [0.25, 0.3) is 0 Å². The molecule has 3 aromatic rings. The monoisotopic (exact) mass is 503 g/mol. The number of fused-ring (bicyclic) bond motifs is 1. The maximum Gasteiger partial charge on any atom is 0.416 e. The van der Waals surface area contributed by atoms with Crippen LogP contribution in [-0.4, -0.2) is 17.5 Å². The normalized spacial score (nSPS) is 14.5. The predicted octanol–water partition coefficient (Wildman–Crippen LogP) is 6.29. The molecule has 10 heteroatoms. The summed E-state index contributed by atoms with van der Waals surface area (Å²) in [7, 11) is 0. The molecule has 0 bridgehead atoms. The summed E-state index contributed by atoms with van der Waals surface area (Å²) in [5, 5.41) is 6.65. The summed E-state index contributed by atoms with van der Waals surface area (Å²) in [6.45, 7) is 3.54. The van der Waals surface area contributed by atoms with Crippen LogP contribution >= 0.6 is 11.6 Å². The highest BCUT2D eigenvalue weighted by molar-refractivity contribution is 6.34. The van der Waals surface area contributed by atoms with Gasteiger partial charge in [-0.05, 0) is 57.0 Å². The molecular weight excluding hydrogens is 483 g/mol. The first-order valence-electron chi connectivity index (χ1n) is 10.8. The number of alkyl halides is 3. The van der Waals surface area contributed by atoms with Crippen LogP contribution in [-0.2, 0) is 12.6 Å². The Morgan fingerprint density at radius 2 is 1.83 bits per heavy atom. The average Bonchev–Trinajstić information content (AvgIpc) is 3.15. The summed E-state index contributed by atoms with van der Waals surface area (Å²) in [5.41, 5.74) is 4.48. The van der Waals surface area contributed by atoms with E-state index in [0.29, 0.717) is 47.4 Å². The highest BCUT2D eigenvalue weighted by Crippen LogP contribution is 2.35. The van der Waals surface area contributed by atoms with Crippen LogP contribution in [0.4, 0.5) is 18.9 Å². The third-order valence-electron chi connectivity index (χ3n) is 5.65. The molecular formula is C25H21ClF3N3O3. The molecule has 0 atom stereocenters. The standard InChI is InChI=1S/C25H21ClF3N3O3/c1-13-5-3-6-15(11-13)23(33)32-31-18-7-4-8-20-21(18)14(2)22(35-20)24(34)30-19-12-16(25(27,28)29)9-10-17(19)26/h3,5-6,9-12H,4,7-8H2,1-2H3,(H,30,34)(H,32,33)/b31-18+. The van der Waals surface area contributed by atoms with Gasteiger partial charge in [0.25, 0.3) is 11.8 Å². The Balaban J connectivity index is 1.58. The van der Waals surface area contributed by atoms with Gasteiger partial charge in [-0.1, -0.05) is 29.3 Å². The number of hydrogen-bond acceptors (Lipinski definition) is 4. The fraction of sp³-hybridized carbons (Fsp3) is 0.240. The van der Waals surface area contributed by atoms with Crippen LogP contribution in [0.2, 0.25) is 5.02 Å². The van der Waals surface area contributed by atoms with Gasteiger partial charge in [0.05, 0.1) is 22.0 Å². The van der Waals surface area contributed by atoms with Crippen molar-refractivity contribution < 1.29 is 27.2 Å². The van der Waals surface area contributed by atoms with Gasteiger partial charge in [0.1, 0.15) is 5.76 Å². The lowest BCUT2D eigenvalue weighted by molar-refractivity contribution is -0.137. The Kier molecular flexibility index (Phi) is 6.71. The minimum absolute atomic E-state index is 0.0403. The Hall–Kier alpha value is -3.59. The number of anilines is 1. The minimum atomic E-state index is -4.59. The van der Waals surface area contributed by atoms with Gasteiger partial charge in [-0.2, -0.15) is 18.3 Å². The van der Waals surface area contributed by atoms with Crippen molar-refractivity contribution in [1.82, 2.24) is 5.43 Å². The molecule has 0 fully saturated rings. The molecule has 1 aliphatic carbocycles. The number of carbonyl (C=O) groups excluding carboxylic acids is 2. The zero-order valence-corrected chi connectivity index (χ0v) is 19.6. The third-order valence-corrected chi connectivity index (χ3v) is 5.98. The van der Waals surface area contributed by atoms with Crippen molar-refractivity contribution in [1.29, 1.82) is 0 Å². The number of furan rings is 1. The van der Waals surface area contributed by atoms with Gasteiger partial charge >= 0.3 is 6.18 Å². The smallest absolute Gasteiger partial charge is 0.416 e. The molecule has 1 aliphatic rings. The van der Waals surface area contributed by atoms with Gasteiger partial charge in [0.2, 0.25) is 0 Å². The van der Waals surface area contributed by atoms with E-state index in [-0.39, 0.29) is 22.4 Å². The predicted molar refractivity (Wildman–Crippen MR) is 126 cm³/mol. The van der Waals surface area contributed by atoms with Crippen molar-refractivity contribution >= 4 is 34.8 Å². The minimum Gasteiger partial charge on any atom is -0.455 e. The van der Waals surface area contributed by atoms with E-state index < -0.39 is 17.6 Å². The Bertz CT molecular complexity index is 1350. The quantitative estimate of drug-likeness (QED) is 0.410. The number of rotatable bonds is 4. The zero-order valence-electron chi connectivity index (χ0n) is 18.8. The highest BCUT2D eigenvalue weighted by Gasteiger charge is 2.32. The van der Waals surface area contributed by atoms with Crippen molar-refractivity contribution in [2.45, 2.75) is 39.3 Å². The van der Waals surface area contributed by atoms with Crippen LogP contribution in [0.15, 0.2) is 52.0 Å². The number of aryl methyl sites for hydroxylation is 2. The number of carbonyl (C=O) groups is 2. The van der Waals surface area contributed by atoms with E-state index in [9.17, 15) is 22.8 Å². The summed E-state index contributed by atoms with van der Waals surface area (Å²) >= 11 is 6.00. The number of nitrogens with one attached hydrogen (secondary N) is 2. The molecule has 0 saturated heterocycles. The van der Waals surface area contributed by atoms with Gasteiger partial charge in [0, 0.05) is 23.1 Å². The van der Waals surface area contributed by atoms with Gasteiger partial charge in [-0.15, -0.1) is 0 Å². The third kappa shape index (κ3) is 5.24. The largest absolute Gasteiger partial charge is 0.455 e. The van der Waals surface area contributed by atoms with E-state index >= 15 is 0 Å². The molecule has 182 valence electrons. The molecule has 0 saturated carbocycles. The van der Waals surface area contributed by atoms with Crippen molar-refractivity contribution in [2.75, 3.05) is 5.32 Å². The van der Waals surface area contributed by atoms with Crippen LogP contribution in [0.3, 0.4) is 0 Å². The van der Waals surface area contributed by atoms with Crippen LogP contribution < -0.4 is 10.7 Å². The van der Waals surface area contributed by atoms with Gasteiger partial charge < -0.3 is 9.73 Å². The first-order chi connectivity index (χ1) is 16.5. The summed E-state index contributed by atoms with van der Waals surface area (Å²) in [4.78, 5) is 25.4. The zero-order chi connectivity index (χ0) is 25.3. The van der Waals surface area contributed by atoms with Crippen LogP contribution in [0, 0.1) is 13.8 Å². The second-order valence-electron chi connectivity index (χ2n) is 8.22. The van der Waals surface area contributed by atoms with Crippen molar-refractivity contribution in [3.05, 3.63) is 86.8 Å². The summed E-state index contributed by atoms with van der Waals surface area (Å²) in [6.07, 6.45) is -2.78. The van der Waals surface area contributed by atoms with Crippen molar-refractivity contribution in [3.63, 3.8) is 0 Å². The first kappa shape index (κ1) is 24.5. The number of halogens is 4. The Labute approximate surface area is 204 Å². The fourth-order valence-electron chi connectivity index (χ4n) is 3.94. The number of hydrogen-bond donors (Lipinski definition) is 2. The number of nitrogens with zero attached hydrogens (tertiary/aromatic N) is 1. The van der Waals surface area contributed by atoms with Gasteiger partial charge in [-0.25, -0.2) is 5.43 Å². The lowest BCUT2D eigenvalue weighted by Crippen LogP contribution is -2.22. The van der Waals surface area contributed by atoms with Crippen LogP contribution in [0.1, 0.15) is 61.8 Å². The summed E-state index contributed by atoms with van der Waals surface area (Å²) in [5.74, 6) is -0.631. The topological polar surface area (TPSA) is 83.7 Å². The number of benzene rings is 2. The highest BCUT2D eigenvalue weighted by atomic mass is 35.5. The SMILES string of the molecule is Cc1cccc(C(=O)N/N=C2\CCCc3oc(C(=O)Nc4cc(C(F)(F)F)ccc4Cl)c(C)c32)c1. The molecule has 0 unspecified atom stereocenters. The molecule has 35 heavy (non-hydrogen) atoms. The molecule has 2 aromatic carbocycles. The maximum atomic E-state index is 13.1. The second kappa shape index (κ2) is 9.58. The fourth-order valence-corrected chi connectivity index (χ4v) is 4.11. The molecule has 2 amide bonds. The summed E-state index contributed by atoms with van der Waals surface area (Å²) in [6, 6.07) is 9.75. The molecule has 0 radical (unpaired) electrons. The van der Waals surface area contributed by atoms with E-state index in [2.05, 4.69) is 15.8 Å².